The van der Waals surface area contributed by atoms with Crippen molar-refractivity contribution in [1.82, 2.24) is 14.3 Å². The smallest absolute Gasteiger partial charge is 0.308 e. The highest BCUT2D eigenvalue weighted by molar-refractivity contribution is 7.90. The quantitative estimate of drug-likeness (QED) is 0.641. The summed E-state index contributed by atoms with van der Waals surface area (Å²) in [5, 5.41) is -0.0420. The third-order valence-electron chi connectivity index (χ3n) is 3.19. The first-order chi connectivity index (χ1) is 9.92. The molecule has 0 amide bonds. The summed E-state index contributed by atoms with van der Waals surface area (Å²) >= 11 is 5.61. The number of piperidine rings is 1. The fourth-order valence-electron chi connectivity index (χ4n) is 2.09. The Morgan fingerprint density at radius 3 is 2.71 bits per heavy atom. The third kappa shape index (κ3) is 4.02. The van der Waals surface area contributed by atoms with Gasteiger partial charge in [-0.2, -0.15) is 17.7 Å². The molecule has 1 aromatic rings. The van der Waals surface area contributed by atoms with E-state index in [1.54, 1.807) is 0 Å². The first kappa shape index (κ1) is 15.9. The Labute approximate surface area is 127 Å². The number of carbonyl (C=O) groups is 1. The predicted molar refractivity (Wildman–Crippen MR) is 75.9 cm³/mol. The van der Waals surface area contributed by atoms with Crippen LogP contribution in [0.2, 0.25) is 5.28 Å². The molecule has 0 aromatic carbocycles. The topological polar surface area (TPSA) is 101 Å². The van der Waals surface area contributed by atoms with E-state index in [0.717, 1.165) is 0 Å². The Morgan fingerprint density at radius 1 is 1.48 bits per heavy atom. The lowest BCUT2D eigenvalue weighted by Gasteiger charge is -2.29. The van der Waals surface area contributed by atoms with Crippen LogP contribution < -0.4 is 4.72 Å². The van der Waals surface area contributed by atoms with Gasteiger partial charge in [-0.05, 0) is 30.5 Å². The van der Waals surface area contributed by atoms with E-state index < -0.39 is 10.2 Å². The highest BCUT2D eigenvalue weighted by Crippen LogP contribution is 2.21. The van der Waals surface area contributed by atoms with E-state index in [1.165, 1.54) is 23.7 Å². The zero-order chi connectivity index (χ0) is 15.5. The van der Waals surface area contributed by atoms with Crippen LogP contribution in [0.15, 0.2) is 12.3 Å². The largest absolute Gasteiger partial charge is 0.469 e. The summed E-state index contributed by atoms with van der Waals surface area (Å²) in [7, 11) is -2.40. The van der Waals surface area contributed by atoms with Crippen molar-refractivity contribution in [1.29, 1.82) is 0 Å². The second kappa shape index (κ2) is 6.54. The first-order valence-corrected chi connectivity index (χ1v) is 8.08. The van der Waals surface area contributed by atoms with E-state index in [0.29, 0.717) is 12.8 Å². The van der Waals surface area contributed by atoms with Gasteiger partial charge in [0.25, 0.3) is 0 Å². The number of esters is 1. The van der Waals surface area contributed by atoms with Crippen LogP contribution in [-0.4, -0.2) is 48.9 Å². The summed E-state index contributed by atoms with van der Waals surface area (Å²) < 4.78 is 32.7. The van der Waals surface area contributed by atoms with Gasteiger partial charge in [-0.3, -0.25) is 9.52 Å². The summed E-state index contributed by atoms with van der Waals surface area (Å²) in [6.45, 7) is 0.488. The molecule has 2 rings (SSSR count). The van der Waals surface area contributed by atoms with Crippen LogP contribution in [0.1, 0.15) is 12.8 Å². The van der Waals surface area contributed by atoms with Crippen LogP contribution in [0.3, 0.4) is 0 Å². The second-order valence-corrected chi connectivity index (χ2v) is 6.52. The second-order valence-electron chi connectivity index (χ2n) is 4.51. The van der Waals surface area contributed by atoms with Crippen LogP contribution in [0, 0.1) is 5.92 Å². The maximum atomic E-state index is 12.2. The number of ether oxygens (including phenoxy) is 1. The minimum Gasteiger partial charge on any atom is -0.469 e. The van der Waals surface area contributed by atoms with E-state index in [2.05, 4.69) is 19.4 Å². The normalized spacial score (nSPS) is 17.4. The number of nitrogens with one attached hydrogen (secondary N) is 1. The van der Waals surface area contributed by atoms with E-state index in [9.17, 15) is 13.2 Å². The summed E-state index contributed by atoms with van der Waals surface area (Å²) in [4.78, 5) is 18.9. The zero-order valence-electron chi connectivity index (χ0n) is 11.3. The van der Waals surface area contributed by atoms with Crippen molar-refractivity contribution < 1.29 is 17.9 Å². The molecule has 0 unspecified atom stereocenters. The molecule has 0 aliphatic carbocycles. The van der Waals surface area contributed by atoms with Gasteiger partial charge < -0.3 is 4.74 Å². The molecular weight excluding hydrogens is 320 g/mol. The average Bonchev–Trinajstić information content (AvgIpc) is 2.46. The van der Waals surface area contributed by atoms with E-state index >= 15 is 0 Å². The van der Waals surface area contributed by atoms with Gasteiger partial charge in [0.2, 0.25) is 5.28 Å². The third-order valence-corrected chi connectivity index (χ3v) is 4.88. The van der Waals surface area contributed by atoms with Crippen molar-refractivity contribution in [2.24, 2.45) is 5.92 Å². The molecule has 1 aliphatic heterocycles. The maximum Gasteiger partial charge on any atom is 0.308 e. The van der Waals surface area contributed by atoms with Crippen molar-refractivity contribution >= 4 is 33.6 Å². The number of methoxy groups -OCH3 is 1. The molecule has 21 heavy (non-hydrogen) atoms. The average molecular weight is 335 g/mol. The molecule has 1 aromatic heterocycles. The lowest BCUT2D eigenvalue weighted by atomic mass is 9.99. The van der Waals surface area contributed by atoms with Crippen molar-refractivity contribution in [3.8, 4) is 0 Å². The maximum absolute atomic E-state index is 12.2. The van der Waals surface area contributed by atoms with Crippen LogP contribution in [-0.2, 0) is 19.7 Å². The minimum atomic E-state index is -3.73. The van der Waals surface area contributed by atoms with Crippen molar-refractivity contribution in [3.05, 3.63) is 17.5 Å². The predicted octanol–water partition coefficient (Wildman–Crippen LogP) is 0.672. The number of hydrogen-bond donors (Lipinski definition) is 1. The molecule has 0 radical (unpaired) electrons. The van der Waals surface area contributed by atoms with Crippen molar-refractivity contribution in [2.75, 3.05) is 24.9 Å². The fraction of sp³-hybridized carbons (Fsp3) is 0.545. The van der Waals surface area contributed by atoms with Gasteiger partial charge in [0, 0.05) is 19.3 Å². The van der Waals surface area contributed by atoms with Gasteiger partial charge in [-0.15, -0.1) is 0 Å². The lowest BCUT2D eigenvalue weighted by molar-refractivity contribution is -0.146. The van der Waals surface area contributed by atoms with Crippen LogP contribution in [0.4, 0.5) is 5.82 Å². The van der Waals surface area contributed by atoms with Gasteiger partial charge in [-0.1, -0.05) is 0 Å². The minimum absolute atomic E-state index is 0.0420. The van der Waals surface area contributed by atoms with Crippen LogP contribution >= 0.6 is 11.6 Å². The lowest BCUT2D eigenvalue weighted by Crippen LogP contribution is -2.43. The van der Waals surface area contributed by atoms with Crippen molar-refractivity contribution in [3.63, 3.8) is 0 Å². The Morgan fingerprint density at radius 2 is 2.14 bits per heavy atom. The molecule has 1 saturated heterocycles. The van der Waals surface area contributed by atoms with Gasteiger partial charge in [-0.25, -0.2) is 4.98 Å². The number of hydrogen-bond acceptors (Lipinski definition) is 6. The summed E-state index contributed by atoms with van der Waals surface area (Å²) in [5.41, 5.74) is 0. The molecule has 0 saturated carbocycles. The Hall–Kier alpha value is -1.45. The van der Waals surface area contributed by atoms with Gasteiger partial charge in [0.15, 0.2) is 0 Å². The Balaban J connectivity index is 2.00. The molecule has 1 fully saturated rings. The van der Waals surface area contributed by atoms with Crippen LogP contribution in [0.25, 0.3) is 0 Å². The number of nitrogens with zero attached hydrogens (tertiary/aromatic N) is 3. The SMILES string of the molecule is COC(=O)C1CCN(S(=O)(=O)Nc2ccnc(Cl)n2)CC1. The zero-order valence-corrected chi connectivity index (χ0v) is 12.9. The molecule has 1 N–H and O–H groups in total. The van der Waals surface area contributed by atoms with E-state index in [4.69, 9.17) is 11.6 Å². The Bertz CT molecular complexity index is 616. The van der Waals surface area contributed by atoms with E-state index in [-0.39, 0.29) is 36.1 Å². The first-order valence-electron chi connectivity index (χ1n) is 6.26. The number of halogens is 1. The summed E-state index contributed by atoms with van der Waals surface area (Å²) in [5.74, 6) is -0.456. The number of aromatic nitrogens is 2. The molecule has 116 valence electrons. The molecule has 2 heterocycles. The van der Waals surface area contributed by atoms with E-state index in [1.807, 2.05) is 0 Å². The standard InChI is InChI=1S/C11H15ClN4O4S/c1-20-10(17)8-3-6-16(7-4-8)21(18,19)15-9-2-5-13-11(12)14-9/h2,5,8H,3-4,6-7H2,1H3,(H,13,14,15). The highest BCUT2D eigenvalue weighted by atomic mass is 35.5. The monoisotopic (exact) mass is 334 g/mol. The van der Waals surface area contributed by atoms with Gasteiger partial charge in [0.1, 0.15) is 5.82 Å². The van der Waals surface area contributed by atoms with Crippen LogP contribution in [0.5, 0.6) is 0 Å². The van der Waals surface area contributed by atoms with Gasteiger partial charge in [0.05, 0.1) is 13.0 Å². The molecule has 1 aliphatic rings. The highest BCUT2D eigenvalue weighted by Gasteiger charge is 2.31. The molecule has 8 nitrogen and oxygen atoms in total. The van der Waals surface area contributed by atoms with Crippen molar-refractivity contribution in [2.45, 2.75) is 12.8 Å². The number of carbonyl (C=O) groups excluding carboxylic acids is 1. The molecule has 0 atom stereocenters. The summed E-state index contributed by atoms with van der Waals surface area (Å²) in [6.07, 6.45) is 2.22. The Kier molecular flexibility index (Phi) is 4.96. The number of anilines is 1. The fourth-order valence-corrected chi connectivity index (χ4v) is 3.43. The summed E-state index contributed by atoms with van der Waals surface area (Å²) in [6, 6.07) is 1.41. The molecule has 0 bridgehead atoms. The van der Waals surface area contributed by atoms with Gasteiger partial charge >= 0.3 is 16.2 Å². The molecule has 10 heteroatoms. The molecular formula is C11H15ClN4O4S. The molecule has 0 spiro atoms. The number of rotatable bonds is 4.